The van der Waals surface area contributed by atoms with Crippen LogP contribution in [-0.2, 0) is 64.9 Å². The van der Waals surface area contributed by atoms with Gasteiger partial charge in [-0.3, -0.25) is 4.72 Å². The van der Waals surface area contributed by atoms with E-state index in [1.165, 1.54) is 75.7 Å². The minimum Gasteiger partial charge on any atom is -0.332 e. The average Bonchev–Trinajstić information content (AvgIpc) is 3.95. The van der Waals surface area contributed by atoms with Crippen LogP contribution >= 0.6 is 53.6 Å². The van der Waals surface area contributed by atoms with E-state index in [9.17, 15) is 173 Å². The molecule has 0 saturated carbocycles. The Kier molecular flexibility index (Phi) is 38.5. The molecule has 0 bridgehead atoms. The number of alkyl halides is 29. The summed E-state index contributed by atoms with van der Waals surface area (Å²) in [5.74, 6) is -15.6. The molecule has 2 aliphatic heterocycles. The highest BCUT2D eigenvalue weighted by Gasteiger charge is 2.86. The first-order valence-corrected chi connectivity index (χ1v) is 34.6. The Morgan fingerprint density at radius 1 is 0.430 bits per heavy atom. The molecule has 0 radical (unpaired) electrons. The van der Waals surface area contributed by atoms with Crippen LogP contribution in [-0.4, -0.2) is 189 Å². The Balaban J connectivity index is -0.000000185. The molecule has 0 aromatic carbocycles. The van der Waals surface area contributed by atoms with Crippen molar-refractivity contribution in [2.45, 2.75) is 122 Å². The standard InChI is InChI=1S/C9H20N.C8H18NO.C5HF12NO4S2.C4HF10NO4S2.C2HF6NO4S2.CH3I.CH4.FH.HIS/c1-3-4-7-10(2)8-5-6-9-10;1-3-10-8-9(2)6-4-5-7-9;6-1(7,3(10,11)12)2(8,9)4(13,14)23(19,20)18-24(21,22)5(15,16)17;5-1(6,7)3(11,12)20(16,17)15-21(18,19)4(13,14)2(8,9)10;3-1(4,5)14(10,11)9-15(12,13)2(6,7)8;1-2;;;1-2/h3-9H2,1-2H3;3-8H2,1-2H3;18H;15H;9H;1H3;1H4;1H;2H/q2*+1;;;;;;;/i/hT. The molecule has 530 valence electrons. The quantitative estimate of drug-likeness (QED) is 0.0348. The first-order chi connectivity index (χ1) is 37.4. The van der Waals surface area contributed by atoms with Crippen LogP contribution in [0.2, 0.25) is 0 Å². The number of rotatable bonds is 17. The molecule has 2 saturated heterocycles. The normalized spacial score (nSPS) is 16.8. The molecule has 0 atom stereocenters. The predicted molar refractivity (Wildman–Crippen MR) is 263 cm³/mol. The summed E-state index contributed by atoms with van der Waals surface area (Å²) in [4.78, 5) is 1.97. The van der Waals surface area contributed by atoms with E-state index in [1.54, 1.807) is 0 Å². The van der Waals surface area contributed by atoms with E-state index >= 15 is 0 Å². The number of quaternary nitrogens is 2. The van der Waals surface area contributed by atoms with Gasteiger partial charge in [0.25, 0.3) is 31.5 Å². The van der Waals surface area contributed by atoms with Crippen LogP contribution in [0.4, 0.5) is 128 Å². The van der Waals surface area contributed by atoms with Crippen molar-refractivity contribution in [3.05, 3.63) is 0 Å². The molecule has 0 aliphatic carbocycles. The number of hydrogen-bond acceptors (Lipinski definition) is 14. The van der Waals surface area contributed by atoms with Gasteiger partial charge in [-0.15, -0.1) is 9.80 Å². The second kappa shape index (κ2) is 34.4. The van der Waals surface area contributed by atoms with E-state index in [4.69, 9.17) is 9.45 Å². The van der Waals surface area contributed by atoms with E-state index < -0.39 is 135 Å². The highest BCUT2D eigenvalue weighted by Crippen LogP contribution is 2.55. The Morgan fingerprint density at radius 2 is 0.663 bits per heavy atom. The molecule has 0 aromatic rings. The first kappa shape index (κ1) is 96.3. The van der Waals surface area contributed by atoms with Gasteiger partial charge < -0.3 is 13.7 Å². The number of halogens is 31. The topological polar surface area (TPSA) is 250 Å². The van der Waals surface area contributed by atoms with Crippen LogP contribution in [0.15, 0.2) is 0 Å². The summed E-state index contributed by atoms with van der Waals surface area (Å²) in [5, 5.41) is -21.5. The smallest absolute Gasteiger partial charge is 0.332 e. The van der Waals surface area contributed by atoms with Gasteiger partial charge in [-0.05, 0) is 39.5 Å². The molecule has 2 heterocycles. The molecular weight excluding hydrogens is 1670 g/mol. The van der Waals surface area contributed by atoms with Gasteiger partial charge in [-0.2, -0.15) is 123 Å². The number of ether oxygens (including phenoxy) is 1. The highest BCUT2D eigenvalue weighted by molar-refractivity contribution is 14.2. The molecule has 2 aliphatic rings. The lowest BCUT2D eigenvalue weighted by Crippen LogP contribution is -2.65. The first-order valence-electron chi connectivity index (χ1n) is 20.7. The van der Waals surface area contributed by atoms with Crippen molar-refractivity contribution < 1.29 is 192 Å². The third kappa shape index (κ3) is 27.1. The van der Waals surface area contributed by atoms with Crippen molar-refractivity contribution in [2.75, 3.05) is 65.1 Å². The second-order valence-corrected chi connectivity index (χ2v) is 27.0. The average molecular weight is 1720 g/mol. The molecule has 2 fully saturated rings. The van der Waals surface area contributed by atoms with Crippen LogP contribution in [0.3, 0.4) is 0 Å². The molecule has 3 N–H and O–H groups in total. The Bertz CT molecular complexity index is 2610. The van der Waals surface area contributed by atoms with Crippen LogP contribution < -0.4 is 12.4 Å². The minimum absolute atomic E-state index is 0. The highest BCUT2D eigenvalue weighted by atomic mass is 127. The molecule has 0 spiro atoms. The lowest BCUT2D eigenvalue weighted by atomic mass is 10.1. The summed E-state index contributed by atoms with van der Waals surface area (Å²) in [7, 11) is -35.3. The zero-order chi connectivity index (χ0) is 71.5. The molecule has 18 nitrogen and oxygen atoms in total. The summed E-state index contributed by atoms with van der Waals surface area (Å²) >= 11 is 3.99. The van der Waals surface area contributed by atoms with E-state index in [0.717, 1.165) is 17.8 Å². The van der Waals surface area contributed by atoms with E-state index in [1.807, 2.05) is 26.1 Å². The number of sulfonamides is 6. The van der Waals surface area contributed by atoms with E-state index in [-0.39, 0.29) is 7.43 Å². The van der Waals surface area contributed by atoms with Gasteiger partial charge in [-0.25, -0.2) is 50.5 Å². The molecule has 0 aromatic heterocycles. The fourth-order valence-electron chi connectivity index (χ4n) is 4.97. The van der Waals surface area contributed by atoms with Crippen LogP contribution in [0.1, 0.15) is 59.8 Å². The van der Waals surface area contributed by atoms with E-state index in [2.05, 4.69) is 61.8 Å². The van der Waals surface area contributed by atoms with Gasteiger partial charge >= 0.3 is 92.7 Å². The second-order valence-electron chi connectivity index (χ2n) is 16.0. The third-order valence-electron chi connectivity index (χ3n) is 9.31. The van der Waals surface area contributed by atoms with Gasteiger partial charge in [0.2, 0.25) is 0 Å². The van der Waals surface area contributed by atoms with Crippen molar-refractivity contribution >= 4 is 114 Å². The monoisotopic (exact) mass is 1720 g/mol. The molecule has 86 heavy (non-hydrogen) atoms. The number of likely N-dealkylation sites (tertiary alicyclic amines) is 2. The summed E-state index contributed by atoms with van der Waals surface area (Å²) in [6.07, 6.45) is -13.0. The zero-order valence-electron chi connectivity index (χ0n) is 43.0. The zero-order valence-corrected chi connectivity index (χ0v) is 52.1. The van der Waals surface area contributed by atoms with Crippen molar-refractivity contribution in [1.29, 1.82) is 1.45 Å². The lowest BCUT2D eigenvalue weighted by Gasteiger charge is -2.32. The Hall–Kier alpha value is -0.760. The largest absolute Gasteiger partial charge is 0.512 e. The van der Waals surface area contributed by atoms with Gasteiger partial charge in [-0.1, -0.05) is 55.7 Å². The van der Waals surface area contributed by atoms with Gasteiger partial charge in [0.15, 0.2) is 6.73 Å². The SMILES string of the molecule is C.CCCC[N+]1(C)CCCC1.CCOC[N+]1(C)CCCC1.CI.O=S(=O)(NS(=O)(=O)C(F)(F)C(F)(F)C(F)(F)C(F)(F)F)C(F)(F)F.O=S(=O)(NS(=O)(=O)C(F)(F)C(F)(F)F)C(F)(F)C(F)(F)F.O=S(=O)(NS(=O)(=O)C(F)(F)F)C(F)(F)F.SI.[3H]F. The lowest BCUT2D eigenvalue weighted by molar-refractivity contribution is -0.916. The number of hydrogen-bond donors (Lipinski definition) is 4. The summed E-state index contributed by atoms with van der Waals surface area (Å²) in [6, 6.07) is 0. The maximum Gasteiger partial charge on any atom is 0.512 e. The van der Waals surface area contributed by atoms with Crippen LogP contribution in [0, 0.1) is 0 Å². The number of thiol groups is 1. The van der Waals surface area contributed by atoms with Crippen LogP contribution in [0.25, 0.3) is 0 Å². The Morgan fingerprint density at radius 3 is 0.884 bits per heavy atom. The summed E-state index contributed by atoms with van der Waals surface area (Å²) in [6.45, 7) is 13.0. The summed E-state index contributed by atoms with van der Waals surface area (Å²) in [5.41, 5.74) is -19.0. The fourth-order valence-corrected chi connectivity index (χ4v) is 11.9. The van der Waals surface area contributed by atoms with Crippen molar-refractivity contribution in [3.8, 4) is 0 Å². The van der Waals surface area contributed by atoms with E-state index in [0.29, 0.717) is 0 Å². The van der Waals surface area contributed by atoms with Gasteiger partial charge in [0.05, 0.1) is 46.8 Å². The maximum absolute atomic E-state index is 12.9. The third-order valence-corrected chi connectivity index (χ3v) is 19.1. The minimum atomic E-state index is -7.92. The molecule has 0 unspecified atom stereocenters. The molecular formula is C30H50F29I2N5O13S7+2. The van der Waals surface area contributed by atoms with Crippen molar-refractivity contribution in [2.24, 2.45) is 0 Å². The predicted octanol–water partition coefficient (Wildman–Crippen LogP) is 10.4. The maximum atomic E-state index is 12.9. The molecule has 0 amide bonds. The fraction of sp³-hybridized carbons (Fsp3) is 1.00. The summed E-state index contributed by atoms with van der Waals surface area (Å²) < 4.78 is 477. The number of nitrogens with one attached hydrogen (secondary N) is 3. The van der Waals surface area contributed by atoms with Crippen molar-refractivity contribution in [1.82, 2.24) is 12.4 Å². The van der Waals surface area contributed by atoms with Crippen LogP contribution in [0.5, 0.6) is 0 Å². The van der Waals surface area contributed by atoms with Gasteiger partial charge in [0, 0.05) is 32.3 Å². The van der Waals surface area contributed by atoms with Gasteiger partial charge in [0.1, 0.15) is 0 Å². The number of unbranched alkanes of at least 4 members (excludes halogenated alkanes) is 1. The molecule has 56 heteroatoms. The number of nitrogens with zero attached hydrogens (tertiary/aromatic N) is 2. The van der Waals surface area contributed by atoms with Crippen molar-refractivity contribution in [3.63, 3.8) is 0 Å². The molecule has 2 rings (SSSR count). The Labute approximate surface area is 504 Å².